The van der Waals surface area contributed by atoms with Crippen molar-refractivity contribution in [3.8, 4) is 40.1 Å². The van der Waals surface area contributed by atoms with E-state index in [0.717, 1.165) is 45.0 Å². The van der Waals surface area contributed by atoms with Gasteiger partial charge in [-0.15, -0.1) is 0 Å². The Labute approximate surface area is 216 Å². The molecule has 0 amide bonds. The van der Waals surface area contributed by atoms with Gasteiger partial charge in [0.15, 0.2) is 22.9 Å². The van der Waals surface area contributed by atoms with E-state index in [0.29, 0.717) is 0 Å². The molecular weight excluding hydrogens is 504 g/mol. The van der Waals surface area contributed by atoms with Gasteiger partial charge in [-0.2, -0.15) is 0 Å². The third-order valence-electron chi connectivity index (χ3n) is 7.98. The van der Waals surface area contributed by atoms with Crippen LogP contribution in [-0.2, 0) is 4.74 Å². The fourth-order valence-corrected chi connectivity index (χ4v) is 4.78. The van der Waals surface area contributed by atoms with E-state index in [1.807, 2.05) is 0 Å². The Morgan fingerprint density at radius 2 is 1.45 bits per heavy atom. The molecule has 12 nitrogen and oxygen atoms in total. The highest BCUT2D eigenvalue weighted by Gasteiger charge is 2.75. The van der Waals surface area contributed by atoms with Crippen LogP contribution in [-0.4, -0.2) is 75.7 Å². The number of benzene rings is 2. The summed E-state index contributed by atoms with van der Waals surface area (Å²) in [4.78, 5) is 13.7. The maximum Gasteiger partial charge on any atom is 0.240 e. The van der Waals surface area contributed by atoms with Gasteiger partial charge in [0.2, 0.25) is 17.0 Å². The maximum absolute atomic E-state index is 13.7. The second-order valence-corrected chi connectivity index (χ2v) is 10.4. The predicted octanol–water partition coefficient (Wildman–Crippen LogP) is 1.41. The van der Waals surface area contributed by atoms with Crippen molar-refractivity contribution in [1.29, 1.82) is 0 Å². The van der Waals surface area contributed by atoms with E-state index >= 15 is 0 Å². The van der Waals surface area contributed by atoms with Gasteiger partial charge in [0.05, 0.1) is 6.61 Å². The molecule has 1 aromatic heterocycles. The van der Waals surface area contributed by atoms with Crippen molar-refractivity contribution in [3.63, 3.8) is 0 Å². The normalized spacial score (nSPS) is 33.4. The van der Waals surface area contributed by atoms with Crippen LogP contribution in [0.15, 0.2) is 39.5 Å². The van der Waals surface area contributed by atoms with Crippen LogP contribution in [0.1, 0.15) is 34.6 Å². The van der Waals surface area contributed by atoms with Crippen LogP contribution in [0, 0.1) is 0 Å². The molecular formula is C26H30O12. The Hall–Kier alpha value is -3.55. The van der Waals surface area contributed by atoms with Crippen LogP contribution in [0.25, 0.3) is 22.3 Å². The number of aliphatic hydroxyl groups excluding tert-OH is 1. The summed E-state index contributed by atoms with van der Waals surface area (Å²) in [5.74, 6) is -5.52. The number of phenols is 4. The minimum absolute atomic E-state index is 0.000128. The second kappa shape index (κ2) is 8.22. The third-order valence-corrected chi connectivity index (χ3v) is 7.98. The van der Waals surface area contributed by atoms with Crippen LogP contribution in [0.2, 0.25) is 0 Å². The molecule has 38 heavy (non-hydrogen) atoms. The number of aliphatic hydroxyl groups is 4. The molecule has 1 fully saturated rings. The molecule has 1 saturated heterocycles. The first-order valence-electron chi connectivity index (χ1n) is 11.6. The van der Waals surface area contributed by atoms with Gasteiger partial charge < -0.3 is 54.7 Å². The lowest BCUT2D eigenvalue weighted by atomic mass is 9.61. The fourth-order valence-electron chi connectivity index (χ4n) is 4.78. The zero-order chi connectivity index (χ0) is 28.6. The summed E-state index contributed by atoms with van der Waals surface area (Å²) >= 11 is 0. The number of aromatic hydroxyl groups is 4. The molecule has 2 heterocycles. The van der Waals surface area contributed by atoms with Gasteiger partial charge in [0.25, 0.3) is 0 Å². The number of phenolic OH excluding ortho intramolecular Hbond substituents is 4. The monoisotopic (exact) mass is 534 g/mol. The highest BCUT2D eigenvalue weighted by Crippen LogP contribution is 2.54. The Morgan fingerprint density at radius 1 is 0.816 bits per heavy atom. The molecule has 0 radical (unpaired) electrons. The van der Waals surface area contributed by atoms with E-state index < -0.39 is 74.4 Å². The Kier molecular flexibility index (Phi) is 5.95. The average molecular weight is 535 g/mol. The van der Waals surface area contributed by atoms with E-state index in [1.165, 1.54) is 19.9 Å². The van der Waals surface area contributed by atoms with Crippen molar-refractivity contribution in [1.82, 2.24) is 0 Å². The highest BCUT2D eigenvalue weighted by atomic mass is 16.7. The highest BCUT2D eigenvalue weighted by molar-refractivity contribution is 5.88. The summed E-state index contributed by atoms with van der Waals surface area (Å²) < 4.78 is 17.7. The average Bonchev–Trinajstić information content (AvgIpc) is 2.80. The zero-order valence-corrected chi connectivity index (χ0v) is 21.3. The summed E-state index contributed by atoms with van der Waals surface area (Å²) in [7, 11) is 0. The Bertz CT molecular complexity index is 1490. The minimum Gasteiger partial charge on any atom is -0.508 e. The molecule has 1 aliphatic rings. The van der Waals surface area contributed by atoms with E-state index in [2.05, 4.69) is 0 Å². The van der Waals surface area contributed by atoms with Gasteiger partial charge in [-0.1, -0.05) is 0 Å². The molecule has 8 N–H and O–H groups in total. The van der Waals surface area contributed by atoms with E-state index in [9.17, 15) is 45.6 Å². The van der Waals surface area contributed by atoms with Crippen LogP contribution >= 0.6 is 0 Å². The molecule has 0 bridgehead atoms. The lowest BCUT2D eigenvalue weighted by molar-refractivity contribution is -0.441. The van der Waals surface area contributed by atoms with E-state index in [4.69, 9.17) is 13.9 Å². The minimum atomic E-state index is -2.47. The first-order valence-corrected chi connectivity index (χ1v) is 11.6. The molecule has 5 unspecified atom stereocenters. The Balaban J connectivity index is 2.04. The second-order valence-electron chi connectivity index (χ2n) is 10.4. The number of hydrogen-bond donors (Lipinski definition) is 8. The zero-order valence-electron chi connectivity index (χ0n) is 21.3. The van der Waals surface area contributed by atoms with Crippen LogP contribution in [0.3, 0.4) is 0 Å². The SMILES string of the molecule is CC1(CO)OC(C)(Oc2c(-c3ccc(O)c(O)c3)oc3cc(O)cc(O)c3c2=O)C(C)(O)C(C)(O)C1(C)O. The summed E-state index contributed by atoms with van der Waals surface area (Å²) in [6.45, 7) is 4.98. The summed E-state index contributed by atoms with van der Waals surface area (Å²) in [6, 6.07) is 5.39. The van der Waals surface area contributed by atoms with Crippen molar-refractivity contribution >= 4 is 11.0 Å². The van der Waals surface area contributed by atoms with Crippen molar-refractivity contribution < 1.29 is 54.7 Å². The Morgan fingerprint density at radius 3 is 2.03 bits per heavy atom. The van der Waals surface area contributed by atoms with Gasteiger partial charge >= 0.3 is 0 Å². The number of hydrogen-bond acceptors (Lipinski definition) is 12. The number of ether oxygens (including phenoxy) is 2. The van der Waals surface area contributed by atoms with E-state index in [1.54, 1.807) is 0 Å². The fraction of sp³-hybridized carbons (Fsp3) is 0.423. The van der Waals surface area contributed by atoms with Crippen LogP contribution in [0.4, 0.5) is 0 Å². The van der Waals surface area contributed by atoms with Crippen LogP contribution < -0.4 is 10.2 Å². The summed E-state index contributed by atoms with van der Waals surface area (Å²) in [5.41, 5.74) is -10.3. The summed E-state index contributed by atoms with van der Waals surface area (Å²) in [6.07, 6.45) is 0. The van der Waals surface area contributed by atoms with Crippen molar-refractivity contribution in [3.05, 3.63) is 40.6 Å². The first kappa shape index (κ1) is 27.5. The number of fused-ring (bicyclic) bond motifs is 1. The van der Waals surface area contributed by atoms with Crippen molar-refractivity contribution in [2.75, 3.05) is 6.61 Å². The molecule has 1 aliphatic heterocycles. The summed E-state index contributed by atoms with van der Waals surface area (Å²) in [5, 5.41) is 83.9. The van der Waals surface area contributed by atoms with Gasteiger partial charge in [-0.3, -0.25) is 4.79 Å². The first-order chi connectivity index (χ1) is 17.3. The van der Waals surface area contributed by atoms with Crippen molar-refractivity contribution in [2.24, 2.45) is 0 Å². The smallest absolute Gasteiger partial charge is 0.240 e. The standard InChI is InChI=1S/C26H30O12/c1-22(11-27)23(2,33)24(3,34)25(4,35)26(5,38-22)37-21-19(32)18-16(31)9-13(28)10-17(18)36-20(21)12-6-7-14(29)15(30)8-12/h6-10,27-31,33-35H,11H2,1-5H3. The molecule has 4 rings (SSSR count). The molecule has 0 saturated carbocycles. The topological polar surface area (TPSA) is 211 Å². The molecule has 206 valence electrons. The predicted molar refractivity (Wildman–Crippen MR) is 132 cm³/mol. The molecule has 0 spiro atoms. The van der Waals surface area contributed by atoms with Gasteiger partial charge in [-0.25, -0.2) is 0 Å². The molecule has 5 atom stereocenters. The molecule has 12 heteroatoms. The number of rotatable bonds is 4. The lowest BCUT2D eigenvalue weighted by Gasteiger charge is -2.64. The lowest BCUT2D eigenvalue weighted by Crippen LogP contribution is -2.85. The maximum atomic E-state index is 13.7. The largest absolute Gasteiger partial charge is 0.508 e. The van der Waals surface area contributed by atoms with Crippen LogP contribution in [0.5, 0.6) is 28.7 Å². The van der Waals surface area contributed by atoms with Gasteiger partial charge in [-0.05, 0) is 45.9 Å². The van der Waals surface area contributed by atoms with Gasteiger partial charge in [0.1, 0.15) is 39.3 Å². The quantitative estimate of drug-likeness (QED) is 0.223. The van der Waals surface area contributed by atoms with Gasteiger partial charge in [0, 0.05) is 24.6 Å². The molecule has 2 aromatic carbocycles. The molecule has 0 aliphatic carbocycles. The third kappa shape index (κ3) is 3.52. The van der Waals surface area contributed by atoms with E-state index in [-0.39, 0.29) is 16.9 Å². The molecule has 3 aromatic rings. The van der Waals surface area contributed by atoms with Crippen molar-refractivity contribution in [2.45, 2.75) is 62.8 Å².